The minimum atomic E-state index is -0.901. The molecule has 0 saturated carbocycles. The number of carbonyl (C=O) groups excluding carboxylic acids is 3. The van der Waals surface area contributed by atoms with E-state index in [-0.39, 0.29) is 12.3 Å². The molecule has 0 aliphatic heterocycles. The summed E-state index contributed by atoms with van der Waals surface area (Å²) in [5, 5.41) is 5.30. The predicted molar refractivity (Wildman–Crippen MR) is 126 cm³/mol. The average Bonchev–Trinajstić information content (AvgIpc) is 2.79. The van der Waals surface area contributed by atoms with Gasteiger partial charge < -0.3 is 15.0 Å². The Kier molecular flexibility index (Phi) is 7.49. The molecule has 0 radical (unpaired) electrons. The van der Waals surface area contributed by atoms with Crippen molar-refractivity contribution < 1.29 is 19.1 Å². The highest BCUT2D eigenvalue weighted by molar-refractivity contribution is 6.30. The minimum Gasteiger partial charge on any atom is -0.467 e. The number of hydrogen-bond acceptors (Lipinski definition) is 4. The predicted octanol–water partition coefficient (Wildman–Crippen LogP) is 4.14. The molecule has 0 unspecified atom stereocenters. The quantitative estimate of drug-likeness (QED) is 0.547. The Labute approximate surface area is 192 Å². The monoisotopic (exact) mass is 452 g/mol. The van der Waals surface area contributed by atoms with Crippen LogP contribution in [0.4, 0.5) is 5.69 Å². The van der Waals surface area contributed by atoms with Crippen LogP contribution in [0.3, 0.4) is 0 Å². The number of carbonyl (C=O) groups is 3. The van der Waals surface area contributed by atoms with E-state index in [0.29, 0.717) is 10.7 Å². The summed E-state index contributed by atoms with van der Waals surface area (Å²) in [5.41, 5.74) is 1.42. The number of ether oxygens (including phenoxy) is 1. The number of esters is 1. The second-order valence-electron chi connectivity index (χ2n) is 7.51. The third kappa shape index (κ3) is 5.45. The molecule has 0 aliphatic carbocycles. The fraction of sp³-hybridized carbons (Fsp3) is 0.240. The number of fused-ring (bicyclic) bond motifs is 1. The van der Waals surface area contributed by atoms with E-state index in [9.17, 15) is 14.4 Å². The molecular weight excluding hydrogens is 428 g/mol. The fourth-order valence-electron chi connectivity index (χ4n) is 3.61. The van der Waals surface area contributed by atoms with Gasteiger partial charge in [-0.15, -0.1) is 0 Å². The number of halogens is 1. The molecule has 6 nitrogen and oxygen atoms in total. The lowest BCUT2D eigenvalue weighted by Crippen LogP contribution is -2.52. The Balaban J connectivity index is 1.82. The Hall–Kier alpha value is -3.38. The Morgan fingerprint density at radius 3 is 2.28 bits per heavy atom. The molecular formula is C25H25ClN2O4. The van der Waals surface area contributed by atoms with Crippen LogP contribution in [0, 0.1) is 0 Å². The molecule has 0 fully saturated rings. The van der Waals surface area contributed by atoms with Gasteiger partial charge in [-0.25, -0.2) is 4.79 Å². The lowest BCUT2D eigenvalue weighted by atomic mass is 10.0. The second kappa shape index (κ2) is 10.3. The first kappa shape index (κ1) is 23.3. The molecule has 3 rings (SSSR count). The van der Waals surface area contributed by atoms with Crippen molar-refractivity contribution in [3.05, 3.63) is 77.3 Å². The summed E-state index contributed by atoms with van der Waals surface area (Å²) in [6.45, 7) is 3.03. The first-order valence-electron chi connectivity index (χ1n) is 10.2. The van der Waals surface area contributed by atoms with Gasteiger partial charge in [-0.2, -0.15) is 0 Å². The molecule has 0 aromatic heterocycles. The molecule has 2 atom stereocenters. The number of benzene rings is 3. The van der Waals surface area contributed by atoms with Gasteiger partial charge in [-0.1, -0.05) is 54.1 Å². The van der Waals surface area contributed by atoms with Crippen molar-refractivity contribution in [2.75, 3.05) is 12.0 Å². The summed E-state index contributed by atoms with van der Waals surface area (Å²) >= 11 is 5.92. The smallest absolute Gasteiger partial charge is 0.328 e. The van der Waals surface area contributed by atoms with E-state index in [1.54, 1.807) is 37.3 Å². The largest absolute Gasteiger partial charge is 0.467 e. The zero-order chi connectivity index (χ0) is 23.3. The lowest BCUT2D eigenvalue weighted by molar-refractivity contribution is -0.145. The Morgan fingerprint density at radius 2 is 1.66 bits per heavy atom. The van der Waals surface area contributed by atoms with Crippen LogP contribution < -0.4 is 10.2 Å². The highest BCUT2D eigenvalue weighted by Gasteiger charge is 2.29. The van der Waals surface area contributed by atoms with Gasteiger partial charge in [0.1, 0.15) is 12.1 Å². The van der Waals surface area contributed by atoms with Crippen LogP contribution >= 0.6 is 11.6 Å². The standard InChI is InChI=1S/C25H25ClN2O4/c1-16(28(17(2)29)22-13-10-19-6-4-5-7-20(19)15-22)24(30)27-23(25(31)32-3)14-18-8-11-21(26)12-9-18/h4-13,15-16,23H,14H2,1-3H3,(H,27,30)/t16-,23-/m1/s1. The highest BCUT2D eigenvalue weighted by atomic mass is 35.5. The molecule has 2 amide bonds. The third-order valence-corrected chi connectivity index (χ3v) is 5.52. The van der Waals surface area contributed by atoms with Crippen LogP contribution in [0.25, 0.3) is 10.8 Å². The minimum absolute atomic E-state index is 0.234. The van der Waals surface area contributed by atoms with E-state index in [1.165, 1.54) is 18.9 Å². The summed E-state index contributed by atoms with van der Waals surface area (Å²) in [4.78, 5) is 39.3. The molecule has 0 spiro atoms. The van der Waals surface area contributed by atoms with Gasteiger partial charge in [0.2, 0.25) is 11.8 Å². The maximum atomic E-state index is 13.1. The zero-order valence-corrected chi connectivity index (χ0v) is 18.9. The molecule has 3 aromatic rings. The van der Waals surface area contributed by atoms with Crippen LogP contribution in [0.5, 0.6) is 0 Å². The molecule has 1 N–H and O–H groups in total. The maximum Gasteiger partial charge on any atom is 0.328 e. The Morgan fingerprint density at radius 1 is 1.00 bits per heavy atom. The van der Waals surface area contributed by atoms with E-state index in [0.717, 1.165) is 16.3 Å². The van der Waals surface area contributed by atoms with Gasteiger partial charge in [0.05, 0.1) is 7.11 Å². The second-order valence-corrected chi connectivity index (χ2v) is 7.95. The van der Waals surface area contributed by atoms with Crippen molar-refractivity contribution in [3.63, 3.8) is 0 Å². The number of hydrogen-bond donors (Lipinski definition) is 1. The van der Waals surface area contributed by atoms with Gasteiger partial charge in [-0.3, -0.25) is 9.59 Å². The molecule has 32 heavy (non-hydrogen) atoms. The lowest BCUT2D eigenvalue weighted by Gasteiger charge is -2.29. The zero-order valence-electron chi connectivity index (χ0n) is 18.2. The molecule has 7 heteroatoms. The van der Waals surface area contributed by atoms with Crippen molar-refractivity contribution in [3.8, 4) is 0 Å². The van der Waals surface area contributed by atoms with E-state index < -0.39 is 24.0 Å². The molecule has 166 valence electrons. The number of nitrogens with zero attached hydrogens (tertiary/aromatic N) is 1. The van der Waals surface area contributed by atoms with Crippen LogP contribution in [0.2, 0.25) is 5.02 Å². The van der Waals surface area contributed by atoms with Crippen molar-refractivity contribution in [2.24, 2.45) is 0 Å². The molecule has 0 heterocycles. The van der Waals surface area contributed by atoms with Crippen molar-refractivity contribution in [2.45, 2.75) is 32.4 Å². The topological polar surface area (TPSA) is 75.7 Å². The number of anilines is 1. The van der Waals surface area contributed by atoms with Crippen LogP contribution in [-0.2, 0) is 25.5 Å². The van der Waals surface area contributed by atoms with E-state index in [2.05, 4.69) is 5.32 Å². The Bertz CT molecular complexity index is 1130. The molecule has 0 saturated heterocycles. The number of nitrogens with one attached hydrogen (secondary N) is 1. The number of amides is 2. The molecule has 0 bridgehead atoms. The number of methoxy groups -OCH3 is 1. The SMILES string of the molecule is COC(=O)[C@@H](Cc1ccc(Cl)cc1)NC(=O)[C@@H](C)N(C(C)=O)c1ccc2ccccc2c1. The van der Waals surface area contributed by atoms with Gasteiger partial charge in [0.15, 0.2) is 0 Å². The average molecular weight is 453 g/mol. The summed E-state index contributed by atoms with van der Waals surface area (Å²) in [6, 6.07) is 18.6. The summed E-state index contributed by atoms with van der Waals surface area (Å²) in [5.74, 6) is -1.31. The first-order valence-corrected chi connectivity index (χ1v) is 10.6. The van der Waals surface area contributed by atoms with E-state index in [4.69, 9.17) is 16.3 Å². The fourth-order valence-corrected chi connectivity index (χ4v) is 3.73. The van der Waals surface area contributed by atoms with Crippen molar-refractivity contribution >= 4 is 45.8 Å². The highest BCUT2D eigenvalue weighted by Crippen LogP contribution is 2.24. The van der Waals surface area contributed by atoms with Crippen LogP contribution in [0.1, 0.15) is 19.4 Å². The van der Waals surface area contributed by atoms with Crippen LogP contribution in [-0.4, -0.2) is 37.0 Å². The summed E-state index contributed by atoms with van der Waals surface area (Å²) in [7, 11) is 1.27. The van der Waals surface area contributed by atoms with E-state index >= 15 is 0 Å². The van der Waals surface area contributed by atoms with Gasteiger partial charge in [-0.05, 0) is 47.5 Å². The van der Waals surface area contributed by atoms with Crippen molar-refractivity contribution in [1.82, 2.24) is 5.32 Å². The third-order valence-electron chi connectivity index (χ3n) is 5.27. The maximum absolute atomic E-state index is 13.1. The van der Waals surface area contributed by atoms with Crippen LogP contribution in [0.15, 0.2) is 66.7 Å². The van der Waals surface area contributed by atoms with Gasteiger partial charge in [0.25, 0.3) is 0 Å². The molecule has 3 aromatic carbocycles. The molecule has 0 aliphatic rings. The van der Waals surface area contributed by atoms with Gasteiger partial charge >= 0.3 is 5.97 Å². The summed E-state index contributed by atoms with van der Waals surface area (Å²) in [6.07, 6.45) is 0.234. The number of rotatable bonds is 7. The van der Waals surface area contributed by atoms with Gasteiger partial charge in [0, 0.05) is 24.1 Å². The first-order chi connectivity index (χ1) is 15.3. The summed E-state index contributed by atoms with van der Waals surface area (Å²) < 4.78 is 4.87. The van der Waals surface area contributed by atoms with Crippen molar-refractivity contribution in [1.29, 1.82) is 0 Å². The van der Waals surface area contributed by atoms with E-state index in [1.807, 2.05) is 36.4 Å². The normalized spacial score (nSPS) is 12.6.